The Morgan fingerprint density at radius 1 is 1.21 bits per heavy atom. The first-order valence-corrected chi connectivity index (χ1v) is 9.42. The number of amides is 1. The molecule has 0 saturated carbocycles. The summed E-state index contributed by atoms with van der Waals surface area (Å²) in [7, 11) is 0. The summed E-state index contributed by atoms with van der Waals surface area (Å²) in [4.78, 5) is 42.6. The largest absolute Gasteiger partial charge is 0.467 e. The minimum Gasteiger partial charge on any atom is -0.467 e. The molecule has 0 aliphatic carbocycles. The van der Waals surface area contributed by atoms with Crippen LogP contribution in [0.2, 0.25) is 0 Å². The van der Waals surface area contributed by atoms with Crippen LogP contribution in [0.4, 0.5) is 0 Å². The SMILES string of the molecule is CCOC(=O)c1[nH]c(C)c(C(=O)C(C)N(Cc2ccco2)C(=O)C(C)C)c1C. The Bertz CT molecular complexity index is 849. The van der Waals surface area contributed by atoms with Gasteiger partial charge >= 0.3 is 5.97 Å². The molecular formula is C21H28N2O5. The molecule has 1 amide bonds. The number of rotatable bonds is 8. The molecule has 2 heterocycles. The average molecular weight is 388 g/mol. The lowest BCUT2D eigenvalue weighted by Gasteiger charge is -2.29. The summed E-state index contributed by atoms with van der Waals surface area (Å²) in [5.74, 6) is -0.548. The maximum absolute atomic E-state index is 13.3. The number of aryl methyl sites for hydroxylation is 1. The number of esters is 1. The zero-order valence-electron chi connectivity index (χ0n) is 17.3. The average Bonchev–Trinajstić information content (AvgIpc) is 3.25. The minimum absolute atomic E-state index is 0.145. The summed E-state index contributed by atoms with van der Waals surface area (Å²) in [6, 6.07) is 2.79. The zero-order chi connectivity index (χ0) is 21.0. The van der Waals surface area contributed by atoms with E-state index < -0.39 is 12.0 Å². The molecule has 2 aromatic heterocycles. The van der Waals surface area contributed by atoms with Gasteiger partial charge in [0.25, 0.3) is 0 Å². The molecule has 2 rings (SSSR count). The Balaban J connectivity index is 2.37. The number of ether oxygens (including phenoxy) is 1. The molecule has 7 nitrogen and oxygen atoms in total. The van der Waals surface area contributed by atoms with E-state index in [2.05, 4.69) is 4.98 Å². The lowest BCUT2D eigenvalue weighted by atomic mass is 9.99. The first-order valence-electron chi connectivity index (χ1n) is 9.42. The molecule has 152 valence electrons. The Morgan fingerprint density at radius 2 is 1.89 bits per heavy atom. The molecule has 0 aromatic carbocycles. The van der Waals surface area contributed by atoms with Gasteiger partial charge in [-0.1, -0.05) is 13.8 Å². The fourth-order valence-electron chi connectivity index (χ4n) is 3.19. The molecule has 1 N–H and O–H groups in total. The normalized spacial score (nSPS) is 12.1. The number of nitrogens with one attached hydrogen (secondary N) is 1. The van der Waals surface area contributed by atoms with Crippen molar-refractivity contribution in [2.45, 2.75) is 54.1 Å². The molecule has 0 spiro atoms. The molecule has 1 unspecified atom stereocenters. The van der Waals surface area contributed by atoms with Gasteiger partial charge in [-0.2, -0.15) is 0 Å². The van der Waals surface area contributed by atoms with E-state index in [0.717, 1.165) is 0 Å². The highest BCUT2D eigenvalue weighted by atomic mass is 16.5. The second-order valence-corrected chi connectivity index (χ2v) is 7.09. The zero-order valence-corrected chi connectivity index (χ0v) is 17.3. The standard InChI is InChI=1S/C21H28N2O5/c1-7-27-21(26)18-13(4)17(14(5)22-18)19(24)15(6)23(20(25)12(2)3)11-16-9-8-10-28-16/h8-10,12,15,22H,7,11H2,1-6H3. The lowest BCUT2D eigenvalue weighted by Crippen LogP contribution is -2.44. The minimum atomic E-state index is -0.719. The highest BCUT2D eigenvalue weighted by Crippen LogP contribution is 2.23. The molecule has 0 bridgehead atoms. The summed E-state index contributed by atoms with van der Waals surface area (Å²) in [5, 5.41) is 0. The maximum atomic E-state index is 13.3. The number of hydrogen-bond acceptors (Lipinski definition) is 5. The molecule has 1 atom stereocenters. The van der Waals surface area contributed by atoms with Gasteiger partial charge in [-0.25, -0.2) is 4.79 Å². The van der Waals surface area contributed by atoms with E-state index in [-0.39, 0.29) is 36.5 Å². The van der Waals surface area contributed by atoms with E-state index >= 15 is 0 Å². The maximum Gasteiger partial charge on any atom is 0.355 e. The highest BCUT2D eigenvalue weighted by molar-refractivity contribution is 6.06. The summed E-state index contributed by atoms with van der Waals surface area (Å²) < 4.78 is 10.4. The molecule has 0 saturated heterocycles. The molecule has 28 heavy (non-hydrogen) atoms. The van der Waals surface area contributed by atoms with Gasteiger partial charge in [-0.15, -0.1) is 0 Å². The predicted octanol–water partition coefficient (Wildman–Crippen LogP) is 3.66. The van der Waals surface area contributed by atoms with Crippen LogP contribution in [0.1, 0.15) is 65.6 Å². The van der Waals surface area contributed by atoms with Crippen LogP contribution in [0, 0.1) is 19.8 Å². The second-order valence-electron chi connectivity index (χ2n) is 7.09. The lowest BCUT2D eigenvalue weighted by molar-refractivity contribution is -0.136. The number of carbonyl (C=O) groups is 3. The van der Waals surface area contributed by atoms with Crippen molar-refractivity contribution in [2.75, 3.05) is 6.61 Å². The monoisotopic (exact) mass is 388 g/mol. The third kappa shape index (κ3) is 4.35. The van der Waals surface area contributed by atoms with Crippen molar-refractivity contribution >= 4 is 17.7 Å². The van der Waals surface area contributed by atoms with Gasteiger partial charge < -0.3 is 19.0 Å². The highest BCUT2D eigenvalue weighted by Gasteiger charge is 2.32. The predicted molar refractivity (Wildman–Crippen MR) is 104 cm³/mol. The van der Waals surface area contributed by atoms with Gasteiger partial charge in [-0.05, 0) is 45.4 Å². The third-order valence-electron chi connectivity index (χ3n) is 4.69. The van der Waals surface area contributed by atoms with Crippen LogP contribution in [0.25, 0.3) is 0 Å². The van der Waals surface area contributed by atoms with Crippen molar-refractivity contribution in [2.24, 2.45) is 5.92 Å². The number of H-pyrrole nitrogens is 1. The Hall–Kier alpha value is -2.83. The fourth-order valence-corrected chi connectivity index (χ4v) is 3.19. The van der Waals surface area contributed by atoms with Crippen LogP contribution in [-0.4, -0.2) is 40.2 Å². The van der Waals surface area contributed by atoms with Crippen LogP contribution < -0.4 is 0 Å². The van der Waals surface area contributed by atoms with Gasteiger partial charge in [-0.3, -0.25) is 9.59 Å². The van der Waals surface area contributed by atoms with E-state index in [1.807, 2.05) is 0 Å². The van der Waals surface area contributed by atoms with Crippen molar-refractivity contribution in [1.29, 1.82) is 0 Å². The van der Waals surface area contributed by atoms with Gasteiger partial charge in [0, 0.05) is 17.2 Å². The molecule has 0 aliphatic rings. The number of nitrogens with zero attached hydrogens (tertiary/aromatic N) is 1. The van der Waals surface area contributed by atoms with Gasteiger partial charge in [0.15, 0.2) is 5.78 Å². The number of furan rings is 1. The van der Waals surface area contributed by atoms with E-state index in [4.69, 9.17) is 9.15 Å². The van der Waals surface area contributed by atoms with E-state index in [0.29, 0.717) is 22.6 Å². The number of Topliss-reactive ketones (excluding diaryl/α,β-unsaturated/α-hetero) is 1. The molecule has 0 fully saturated rings. The van der Waals surface area contributed by atoms with Crippen molar-refractivity contribution in [1.82, 2.24) is 9.88 Å². The number of hydrogen-bond donors (Lipinski definition) is 1. The third-order valence-corrected chi connectivity index (χ3v) is 4.69. The Morgan fingerprint density at radius 3 is 2.43 bits per heavy atom. The molecule has 7 heteroatoms. The van der Waals surface area contributed by atoms with Crippen LogP contribution >= 0.6 is 0 Å². The van der Waals surface area contributed by atoms with Crippen molar-refractivity contribution in [3.63, 3.8) is 0 Å². The van der Waals surface area contributed by atoms with E-state index in [9.17, 15) is 14.4 Å². The summed E-state index contributed by atoms with van der Waals surface area (Å²) >= 11 is 0. The summed E-state index contributed by atoms with van der Waals surface area (Å²) in [5.41, 5.74) is 1.79. The van der Waals surface area contributed by atoms with Gasteiger partial charge in [0.05, 0.1) is 25.5 Å². The van der Waals surface area contributed by atoms with Crippen molar-refractivity contribution < 1.29 is 23.5 Å². The van der Waals surface area contributed by atoms with E-state index in [1.54, 1.807) is 53.7 Å². The quantitative estimate of drug-likeness (QED) is 0.550. The smallest absolute Gasteiger partial charge is 0.355 e. The molecular weight excluding hydrogens is 360 g/mol. The van der Waals surface area contributed by atoms with Gasteiger partial charge in [0.1, 0.15) is 11.5 Å². The van der Waals surface area contributed by atoms with Crippen LogP contribution in [0.5, 0.6) is 0 Å². The summed E-state index contributed by atoms with van der Waals surface area (Å²) in [6.45, 7) is 10.9. The Kier molecular flexibility index (Phi) is 6.83. The van der Waals surface area contributed by atoms with Crippen molar-refractivity contribution in [3.8, 4) is 0 Å². The molecule has 0 aliphatic heterocycles. The first kappa shape index (κ1) is 21.5. The molecule has 2 aromatic rings. The first-order chi connectivity index (χ1) is 13.2. The van der Waals surface area contributed by atoms with Crippen LogP contribution in [-0.2, 0) is 16.1 Å². The number of aromatic nitrogens is 1. The van der Waals surface area contributed by atoms with Crippen molar-refractivity contribution in [3.05, 3.63) is 46.7 Å². The van der Waals surface area contributed by atoms with Crippen LogP contribution in [0.15, 0.2) is 22.8 Å². The van der Waals surface area contributed by atoms with E-state index in [1.165, 1.54) is 11.2 Å². The topological polar surface area (TPSA) is 92.6 Å². The fraction of sp³-hybridized carbons (Fsp3) is 0.476. The number of ketones is 1. The van der Waals surface area contributed by atoms with Gasteiger partial charge in [0.2, 0.25) is 5.91 Å². The number of aromatic amines is 1. The molecule has 0 radical (unpaired) electrons. The van der Waals surface area contributed by atoms with Crippen LogP contribution in [0.3, 0.4) is 0 Å². The Labute approximate surface area is 165 Å². The summed E-state index contributed by atoms with van der Waals surface area (Å²) in [6.07, 6.45) is 1.53. The number of carbonyl (C=O) groups excluding carboxylic acids is 3. The second kappa shape index (κ2) is 8.91.